The van der Waals surface area contributed by atoms with Crippen LogP contribution in [0.1, 0.15) is 24.8 Å². The van der Waals surface area contributed by atoms with Crippen LogP contribution in [0.3, 0.4) is 0 Å². The van der Waals surface area contributed by atoms with Crippen molar-refractivity contribution in [2.45, 2.75) is 44.1 Å². The summed E-state index contributed by atoms with van der Waals surface area (Å²) in [6, 6.07) is 15.9. The Labute approximate surface area is 153 Å². The molecule has 2 N–H and O–H groups in total. The van der Waals surface area contributed by atoms with E-state index in [-0.39, 0.29) is 24.6 Å². The van der Waals surface area contributed by atoms with Gasteiger partial charge in [0, 0.05) is 19.1 Å². The Kier molecular flexibility index (Phi) is 6.61. The van der Waals surface area contributed by atoms with E-state index >= 15 is 0 Å². The molecule has 0 bridgehead atoms. The Morgan fingerprint density at radius 3 is 2.46 bits per heavy atom. The average molecular weight is 359 g/mol. The molecule has 3 atom stereocenters. The topological polar surface area (TPSA) is 52.9 Å². The predicted octanol–water partition coefficient (Wildman–Crippen LogP) is 2.98. The summed E-state index contributed by atoms with van der Waals surface area (Å²) in [4.78, 5) is 2.13. The van der Waals surface area contributed by atoms with Gasteiger partial charge in [-0.2, -0.15) is 0 Å². The summed E-state index contributed by atoms with van der Waals surface area (Å²) >= 11 is 0. The molecule has 2 aromatic rings. The van der Waals surface area contributed by atoms with Gasteiger partial charge in [0.15, 0.2) is 0 Å². The maximum Gasteiger partial charge on any atom is 0.126 e. The van der Waals surface area contributed by atoms with Crippen LogP contribution in [0, 0.1) is 5.82 Å². The molecule has 26 heavy (non-hydrogen) atoms. The van der Waals surface area contributed by atoms with Gasteiger partial charge in [-0.15, -0.1) is 0 Å². The van der Waals surface area contributed by atoms with Crippen LogP contribution in [0.4, 0.5) is 4.39 Å². The molecule has 0 aliphatic heterocycles. The molecular formula is C21H26FNO3. The summed E-state index contributed by atoms with van der Waals surface area (Å²) in [5.74, 6) is 0.254. The van der Waals surface area contributed by atoms with E-state index in [1.54, 1.807) is 12.1 Å². The molecule has 2 aromatic carbocycles. The van der Waals surface area contributed by atoms with Crippen molar-refractivity contribution < 1.29 is 19.3 Å². The van der Waals surface area contributed by atoms with Gasteiger partial charge in [-0.3, -0.25) is 4.90 Å². The van der Waals surface area contributed by atoms with Crippen molar-refractivity contribution in [3.05, 3.63) is 66.0 Å². The molecule has 0 heterocycles. The van der Waals surface area contributed by atoms with E-state index in [9.17, 15) is 14.6 Å². The molecule has 4 nitrogen and oxygen atoms in total. The van der Waals surface area contributed by atoms with E-state index in [2.05, 4.69) is 4.90 Å². The zero-order valence-corrected chi connectivity index (χ0v) is 14.8. The maximum atomic E-state index is 13.1. The number of rotatable bonds is 7. The van der Waals surface area contributed by atoms with Gasteiger partial charge in [0.1, 0.15) is 23.8 Å². The lowest BCUT2D eigenvalue weighted by Gasteiger charge is -2.41. The van der Waals surface area contributed by atoms with E-state index in [1.165, 1.54) is 12.1 Å². The summed E-state index contributed by atoms with van der Waals surface area (Å²) in [5.41, 5.74) is 1.15. The minimum Gasteiger partial charge on any atom is -0.488 e. The Morgan fingerprint density at radius 2 is 1.77 bits per heavy atom. The second kappa shape index (κ2) is 9.12. The highest BCUT2D eigenvalue weighted by Crippen LogP contribution is 2.28. The summed E-state index contributed by atoms with van der Waals surface area (Å²) in [5, 5.41) is 20.4. The summed E-state index contributed by atoms with van der Waals surface area (Å²) in [6.45, 7) is 1.21. The van der Waals surface area contributed by atoms with Crippen LogP contribution in [0.5, 0.6) is 5.75 Å². The standard InChI is InChI=1S/C21H26FNO3/c22-17-9-11-18(12-10-17)26-20-8-4-7-19(21(20)25)23(13-14-24)15-16-5-2-1-3-6-16/h1-3,5-6,9-12,19-21,24-25H,4,7-8,13-15H2/t19-,20+,21+/m0/s1. The molecule has 1 aliphatic carbocycles. The molecule has 0 spiro atoms. The fraction of sp³-hybridized carbons (Fsp3) is 0.429. The SMILES string of the molecule is OCCN(Cc1ccccc1)[C@H]1CCC[C@@H](Oc2ccc(F)cc2)[C@@H]1O. The number of benzene rings is 2. The lowest BCUT2D eigenvalue weighted by molar-refractivity contribution is -0.0586. The fourth-order valence-corrected chi connectivity index (χ4v) is 3.64. The molecule has 1 saturated carbocycles. The van der Waals surface area contributed by atoms with Crippen LogP contribution in [-0.2, 0) is 6.54 Å². The molecule has 1 fully saturated rings. The summed E-state index contributed by atoms with van der Waals surface area (Å²) in [6.07, 6.45) is 1.55. The maximum absolute atomic E-state index is 13.1. The van der Waals surface area contributed by atoms with E-state index in [0.717, 1.165) is 24.8 Å². The first kappa shape index (κ1) is 18.8. The van der Waals surface area contributed by atoms with Gasteiger partial charge in [0.05, 0.1) is 6.61 Å². The smallest absolute Gasteiger partial charge is 0.126 e. The zero-order valence-electron chi connectivity index (χ0n) is 14.8. The predicted molar refractivity (Wildman–Crippen MR) is 98.4 cm³/mol. The zero-order chi connectivity index (χ0) is 18.4. The molecule has 1 aliphatic rings. The first-order valence-electron chi connectivity index (χ1n) is 9.16. The third kappa shape index (κ3) is 4.81. The number of hydrogen-bond acceptors (Lipinski definition) is 4. The minimum absolute atomic E-state index is 0.0412. The summed E-state index contributed by atoms with van der Waals surface area (Å²) in [7, 11) is 0. The number of aliphatic hydroxyl groups excluding tert-OH is 2. The second-order valence-corrected chi connectivity index (χ2v) is 6.78. The lowest BCUT2D eigenvalue weighted by atomic mass is 9.88. The van der Waals surface area contributed by atoms with Gasteiger partial charge in [-0.05, 0) is 49.1 Å². The summed E-state index contributed by atoms with van der Waals surface area (Å²) < 4.78 is 19.0. The molecule has 3 rings (SSSR count). The normalized spacial score (nSPS) is 23.2. The molecule has 0 aromatic heterocycles. The Morgan fingerprint density at radius 1 is 1.04 bits per heavy atom. The second-order valence-electron chi connectivity index (χ2n) is 6.78. The first-order valence-corrected chi connectivity index (χ1v) is 9.16. The minimum atomic E-state index is -0.663. The highest BCUT2D eigenvalue weighted by molar-refractivity contribution is 5.22. The van der Waals surface area contributed by atoms with Gasteiger partial charge < -0.3 is 14.9 Å². The van der Waals surface area contributed by atoms with Gasteiger partial charge >= 0.3 is 0 Å². The Balaban J connectivity index is 1.69. The van der Waals surface area contributed by atoms with Gasteiger partial charge in [-0.25, -0.2) is 4.39 Å². The van der Waals surface area contributed by atoms with Gasteiger partial charge in [0.25, 0.3) is 0 Å². The number of nitrogens with zero attached hydrogens (tertiary/aromatic N) is 1. The van der Waals surface area contributed by atoms with Crippen LogP contribution >= 0.6 is 0 Å². The molecule has 0 saturated heterocycles. The van der Waals surface area contributed by atoms with Crippen molar-refractivity contribution in [3.8, 4) is 5.75 Å². The van der Waals surface area contributed by atoms with E-state index < -0.39 is 6.10 Å². The van der Waals surface area contributed by atoms with Crippen LogP contribution in [0.15, 0.2) is 54.6 Å². The number of hydrogen-bond donors (Lipinski definition) is 2. The van der Waals surface area contributed by atoms with Gasteiger partial charge in [0.2, 0.25) is 0 Å². The van der Waals surface area contributed by atoms with E-state index in [4.69, 9.17) is 4.74 Å². The molecule has 0 amide bonds. The quantitative estimate of drug-likeness (QED) is 0.798. The third-order valence-electron chi connectivity index (χ3n) is 4.95. The molecule has 5 heteroatoms. The van der Waals surface area contributed by atoms with Gasteiger partial charge in [-0.1, -0.05) is 30.3 Å². The highest BCUT2D eigenvalue weighted by atomic mass is 19.1. The van der Waals surface area contributed by atoms with Crippen molar-refractivity contribution in [2.75, 3.05) is 13.2 Å². The number of ether oxygens (including phenoxy) is 1. The number of halogens is 1. The van der Waals surface area contributed by atoms with Crippen LogP contribution < -0.4 is 4.74 Å². The van der Waals surface area contributed by atoms with E-state index in [1.807, 2.05) is 30.3 Å². The van der Waals surface area contributed by atoms with Crippen LogP contribution in [0.25, 0.3) is 0 Å². The molecule has 0 unspecified atom stereocenters. The Bertz CT molecular complexity index is 665. The fourth-order valence-electron chi connectivity index (χ4n) is 3.64. The molecular weight excluding hydrogens is 333 g/mol. The van der Waals surface area contributed by atoms with Crippen LogP contribution in [-0.4, -0.2) is 46.5 Å². The van der Waals surface area contributed by atoms with Crippen molar-refractivity contribution in [1.29, 1.82) is 0 Å². The third-order valence-corrected chi connectivity index (χ3v) is 4.95. The monoisotopic (exact) mass is 359 g/mol. The molecule has 0 radical (unpaired) electrons. The lowest BCUT2D eigenvalue weighted by Crippen LogP contribution is -2.53. The highest BCUT2D eigenvalue weighted by Gasteiger charge is 2.36. The van der Waals surface area contributed by atoms with Crippen molar-refractivity contribution in [1.82, 2.24) is 4.90 Å². The molecule has 140 valence electrons. The van der Waals surface area contributed by atoms with E-state index in [0.29, 0.717) is 18.8 Å². The Hall–Kier alpha value is -1.95. The van der Waals surface area contributed by atoms with Crippen LogP contribution in [0.2, 0.25) is 0 Å². The van der Waals surface area contributed by atoms with Crippen molar-refractivity contribution in [3.63, 3.8) is 0 Å². The van der Waals surface area contributed by atoms with Crippen molar-refractivity contribution >= 4 is 0 Å². The van der Waals surface area contributed by atoms with Crippen molar-refractivity contribution in [2.24, 2.45) is 0 Å². The largest absolute Gasteiger partial charge is 0.488 e. The average Bonchev–Trinajstić information content (AvgIpc) is 2.66. The first-order chi connectivity index (χ1) is 12.7. The number of aliphatic hydroxyl groups is 2.